The largest absolute Gasteiger partial charge is 0.399 e. The van der Waals surface area contributed by atoms with Gasteiger partial charge in [-0.2, -0.15) is 0 Å². The van der Waals surface area contributed by atoms with E-state index in [1.165, 1.54) is 18.1 Å². The number of nitrogens with two attached hydrogens (primary N) is 4. The van der Waals surface area contributed by atoms with Gasteiger partial charge in [0.25, 0.3) is 0 Å². The summed E-state index contributed by atoms with van der Waals surface area (Å²) in [6, 6.07) is 76.4. The Hall–Kier alpha value is -11.9. The van der Waals surface area contributed by atoms with Gasteiger partial charge in [-0.15, -0.1) is 0 Å². The molecule has 10 rings (SSSR count). The van der Waals surface area contributed by atoms with E-state index in [1.54, 1.807) is 109 Å². The Labute approximate surface area is 576 Å². The lowest BCUT2D eigenvalue weighted by molar-refractivity contribution is 0.0940. The molecule has 0 spiro atoms. The second-order valence-corrected chi connectivity index (χ2v) is 23.2. The standard InChI is InChI=1S/C26H27N3O.C23H22N2O2.C17H18N2O.C9H11NO.C8H9NO/c1-27-18-21-4-6-22(7-5-21)19-28-24-13-11-23(12-14-24)26(30)17-10-20-8-15-25(16-9-20)29(2)3;24-20-10-6-17(7-11-20)22(26)14-19(16-4-2-1-3-5-16)15-23(27)18-8-12-21(25)13-9-18;1-19(2)16-10-3-13(4-11-16)5-12-17(20)14-6-8-15(18)9-7-14;1-10-6-8-2-4-9(7-11)5-3-8;1-6(10)7-2-4-8(9)5-3-7/h4-17,19,27H,18H2,1-3H3;1-13,19H,14-15,24-25H2;3-12H,18H2,1-2H3;2-5,7,10H,6H2,1H3;2-5H,9H2,1H3/b17-10+,28-19?;;12-5+;;. The molecule has 0 bridgehead atoms. The van der Waals surface area contributed by atoms with Crippen LogP contribution in [0.1, 0.15) is 121 Å². The van der Waals surface area contributed by atoms with E-state index in [0.717, 1.165) is 64.3 Å². The van der Waals surface area contributed by atoms with E-state index in [2.05, 4.69) is 27.8 Å². The molecule has 10 N–H and O–H groups in total. The van der Waals surface area contributed by atoms with Crippen molar-refractivity contribution in [3.63, 3.8) is 0 Å². The number of rotatable bonds is 23. The summed E-state index contributed by atoms with van der Waals surface area (Å²) in [5, 5.41) is 6.17. The second-order valence-electron chi connectivity index (χ2n) is 23.2. The normalized spacial score (nSPS) is 10.6. The molecule has 0 aromatic heterocycles. The van der Waals surface area contributed by atoms with Crippen molar-refractivity contribution in [2.24, 2.45) is 4.99 Å². The van der Waals surface area contributed by atoms with Gasteiger partial charge < -0.3 is 43.4 Å². The number of hydrogen-bond donors (Lipinski definition) is 6. The third kappa shape index (κ3) is 26.1. The highest BCUT2D eigenvalue weighted by atomic mass is 16.1. The van der Waals surface area contributed by atoms with E-state index >= 15 is 0 Å². The van der Waals surface area contributed by atoms with Crippen LogP contribution in [0.2, 0.25) is 0 Å². The van der Waals surface area contributed by atoms with Crippen molar-refractivity contribution in [1.82, 2.24) is 10.6 Å². The molecule has 0 unspecified atom stereocenters. The van der Waals surface area contributed by atoms with Gasteiger partial charge in [0.2, 0.25) is 0 Å². The highest BCUT2D eigenvalue weighted by Crippen LogP contribution is 2.28. The molecule has 0 radical (unpaired) electrons. The first-order valence-electron chi connectivity index (χ1n) is 31.8. The number of benzene rings is 10. The number of hydrogen-bond acceptors (Lipinski definition) is 15. The van der Waals surface area contributed by atoms with Crippen molar-refractivity contribution in [2.45, 2.75) is 38.8 Å². The van der Waals surface area contributed by atoms with Crippen LogP contribution >= 0.6 is 0 Å². The number of aldehydes is 1. The van der Waals surface area contributed by atoms with Crippen LogP contribution < -0.4 is 43.4 Å². The van der Waals surface area contributed by atoms with Crippen molar-refractivity contribution in [3.05, 3.63) is 328 Å². The number of nitrogens with zero attached hydrogens (tertiary/aromatic N) is 3. The van der Waals surface area contributed by atoms with E-state index in [-0.39, 0.29) is 47.7 Å². The Morgan fingerprint density at radius 1 is 0.408 bits per heavy atom. The highest BCUT2D eigenvalue weighted by molar-refractivity contribution is 6.08. The second kappa shape index (κ2) is 39.7. The molecule has 500 valence electrons. The number of nitrogen functional groups attached to an aromatic ring is 4. The molecule has 0 fully saturated rings. The maximum Gasteiger partial charge on any atom is 0.185 e. The van der Waals surface area contributed by atoms with Crippen LogP contribution in [0.4, 0.5) is 39.8 Å². The SMILES string of the molecule is CC(=O)c1ccc(N)cc1.CN(C)c1ccc(/C=C/C(=O)c2ccc(N)cc2)cc1.CNCc1ccc(C=Nc2ccc(C(=O)/C=C/c3ccc(N(C)C)cc3)cc2)cc1.CNCc1ccc(C=O)cc1.Nc1ccc(C(=O)CC(CC(=O)c2ccc(N)cc2)c2ccccc2)cc1. The van der Waals surface area contributed by atoms with Gasteiger partial charge in [0, 0.05) is 128 Å². The first kappa shape index (κ1) is 75.1. The van der Waals surface area contributed by atoms with Crippen LogP contribution in [-0.4, -0.2) is 83.7 Å². The van der Waals surface area contributed by atoms with E-state index in [0.29, 0.717) is 50.6 Å². The van der Waals surface area contributed by atoms with Crippen molar-refractivity contribution in [2.75, 3.05) is 75.0 Å². The summed E-state index contributed by atoms with van der Waals surface area (Å²) in [4.78, 5) is 79.4. The molecule has 0 amide bonds. The molecule has 0 atom stereocenters. The monoisotopic (exact) mass is 1310 g/mol. The molecule has 0 heterocycles. The molecule has 98 heavy (non-hydrogen) atoms. The van der Waals surface area contributed by atoms with Gasteiger partial charge in [0.15, 0.2) is 28.9 Å². The maximum absolute atomic E-state index is 12.7. The fourth-order valence-electron chi connectivity index (χ4n) is 9.43. The van der Waals surface area contributed by atoms with Gasteiger partial charge in [-0.05, 0) is 218 Å². The number of nitrogens with one attached hydrogen (secondary N) is 2. The summed E-state index contributed by atoms with van der Waals surface area (Å²) in [6.45, 7) is 3.23. The molecule has 10 aromatic rings. The van der Waals surface area contributed by atoms with Gasteiger partial charge in [0.1, 0.15) is 6.29 Å². The number of aliphatic imine (C=N–C) groups is 1. The summed E-state index contributed by atoms with van der Waals surface area (Å²) in [6.07, 6.45) is 10.0. The molecule has 0 aliphatic carbocycles. The first-order valence-corrected chi connectivity index (χ1v) is 31.8. The lowest BCUT2D eigenvalue weighted by Crippen LogP contribution is -2.13. The summed E-state index contributed by atoms with van der Waals surface area (Å²) < 4.78 is 0. The summed E-state index contributed by atoms with van der Waals surface area (Å²) in [7, 11) is 11.8. The predicted molar refractivity (Wildman–Crippen MR) is 406 cm³/mol. The molecular formula is C83H87N9O6. The fraction of sp³-hybridized carbons (Fsp3) is 0.145. The maximum atomic E-state index is 12.7. The predicted octanol–water partition coefficient (Wildman–Crippen LogP) is 15.5. The number of Topliss-reactive ketones (excluding diaryl/α,β-unsaturated/α-hetero) is 3. The lowest BCUT2D eigenvalue weighted by atomic mass is 9.86. The van der Waals surface area contributed by atoms with Crippen molar-refractivity contribution in [1.29, 1.82) is 0 Å². The van der Waals surface area contributed by atoms with Crippen LogP contribution in [0.25, 0.3) is 12.2 Å². The van der Waals surface area contributed by atoms with E-state index in [1.807, 2.05) is 210 Å². The Morgan fingerprint density at radius 2 is 0.745 bits per heavy atom. The number of carbonyl (C=O) groups excluding carboxylic acids is 6. The zero-order valence-corrected chi connectivity index (χ0v) is 56.6. The quantitative estimate of drug-likeness (QED) is 0.0115. The third-order valence-corrected chi connectivity index (χ3v) is 15.2. The van der Waals surface area contributed by atoms with E-state index in [4.69, 9.17) is 22.9 Å². The minimum absolute atomic E-state index is 0.00559. The van der Waals surface area contributed by atoms with Crippen LogP contribution in [0.5, 0.6) is 0 Å². The van der Waals surface area contributed by atoms with Crippen LogP contribution in [0.15, 0.2) is 266 Å². The molecule has 0 aliphatic rings. The average molecular weight is 1310 g/mol. The number of ketones is 5. The summed E-state index contributed by atoms with van der Waals surface area (Å²) >= 11 is 0. The number of carbonyl (C=O) groups is 6. The van der Waals surface area contributed by atoms with Gasteiger partial charge in [-0.3, -0.25) is 33.8 Å². The fourth-order valence-corrected chi connectivity index (χ4v) is 9.43. The Kier molecular flexibility index (Phi) is 30.4. The minimum Gasteiger partial charge on any atom is -0.399 e. The van der Waals surface area contributed by atoms with Crippen molar-refractivity contribution < 1.29 is 28.8 Å². The van der Waals surface area contributed by atoms with Crippen LogP contribution in [0.3, 0.4) is 0 Å². The zero-order valence-electron chi connectivity index (χ0n) is 56.6. The average Bonchev–Trinajstić information content (AvgIpc) is 0.909. The molecule has 15 nitrogen and oxygen atoms in total. The van der Waals surface area contributed by atoms with Gasteiger partial charge in [0.05, 0.1) is 5.69 Å². The van der Waals surface area contributed by atoms with Gasteiger partial charge >= 0.3 is 0 Å². The highest BCUT2D eigenvalue weighted by Gasteiger charge is 2.21. The van der Waals surface area contributed by atoms with E-state index < -0.39 is 0 Å². The van der Waals surface area contributed by atoms with Crippen molar-refractivity contribution >= 4 is 93.4 Å². The third-order valence-electron chi connectivity index (χ3n) is 15.2. The number of allylic oxidation sites excluding steroid dienone is 2. The molecule has 0 saturated heterocycles. The smallest absolute Gasteiger partial charge is 0.185 e. The Morgan fingerprint density at radius 3 is 1.09 bits per heavy atom. The summed E-state index contributed by atoms with van der Waals surface area (Å²) in [5.41, 5.74) is 38.4. The van der Waals surface area contributed by atoms with Crippen LogP contribution in [0, 0.1) is 0 Å². The lowest BCUT2D eigenvalue weighted by Gasteiger charge is -2.16. The van der Waals surface area contributed by atoms with E-state index in [9.17, 15) is 28.8 Å². The minimum atomic E-state index is -0.193. The molecule has 15 heteroatoms. The molecule has 10 aromatic carbocycles. The molecule has 0 aliphatic heterocycles. The number of anilines is 6. The zero-order chi connectivity index (χ0) is 70.8. The molecule has 0 saturated carbocycles. The van der Waals surface area contributed by atoms with Crippen LogP contribution in [-0.2, 0) is 13.1 Å². The Balaban J connectivity index is 0.000000204. The van der Waals surface area contributed by atoms with Crippen molar-refractivity contribution in [3.8, 4) is 0 Å². The topological polar surface area (TPSA) is 249 Å². The molecular weight excluding hydrogens is 1220 g/mol. The Bertz CT molecular complexity index is 4150. The summed E-state index contributed by atoms with van der Waals surface area (Å²) in [5.74, 6) is -0.187. The first-order chi connectivity index (χ1) is 47.2. The van der Waals surface area contributed by atoms with Gasteiger partial charge in [-0.1, -0.05) is 115 Å². The van der Waals surface area contributed by atoms with Gasteiger partial charge in [-0.25, -0.2) is 0 Å².